The van der Waals surface area contributed by atoms with Crippen LogP contribution in [0.25, 0.3) is 0 Å². The van der Waals surface area contributed by atoms with E-state index in [0.29, 0.717) is 19.5 Å². The number of nitro benzene ring substituents is 1. The van der Waals surface area contributed by atoms with Gasteiger partial charge in [0.1, 0.15) is 0 Å². The first-order chi connectivity index (χ1) is 12.2. The Balaban J connectivity index is 2.18. The lowest BCUT2D eigenvalue weighted by Gasteiger charge is -2.38. The highest BCUT2D eigenvalue weighted by molar-refractivity contribution is 6.74. The van der Waals surface area contributed by atoms with Crippen molar-refractivity contribution in [2.24, 2.45) is 0 Å². The van der Waals surface area contributed by atoms with Crippen molar-refractivity contribution in [3.63, 3.8) is 0 Å². The third-order valence-electron chi connectivity index (χ3n) is 5.53. The first kappa shape index (κ1) is 21.8. The second-order valence-corrected chi connectivity index (χ2v) is 13.3. The lowest BCUT2D eigenvalue weighted by molar-refractivity contribution is -0.386. The molecular formula is C18H27F3N2O3Si. The molecule has 1 atom stereocenters. The molecule has 1 heterocycles. The van der Waals surface area contributed by atoms with Gasteiger partial charge in [0.05, 0.1) is 22.2 Å². The summed E-state index contributed by atoms with van der Waals surface area (Å²) in [5.74, 6) is 0. The molecule has 2 rings (SSSR count). The Labute approximate surface area is 158 Å². The van der Waals surface area contributed by atoms with Crippen LogP contribution in [-0.2, 0) is 17.1 Å². The molecule has 1 aromatic rings. The average Bonchev–Trinajstić information content (AvgIpc) is 2.91. The zero-order valence-electron chi connectivity index (χ0n) is 16.4. The largest absolute Gasteiger partial charge is 0.416 e. The quantitative estimate of drug-likeness (QED) is 0.384. The molecule has 1 unspecified atom stereocenters. The number of hydrogen-bond acceptors (Lipinski definition) is 4. The molecule has 1 aliphatic rings. The Morgan fingerprint density at radius 3 is 2.44 bits per heavy atom. The summed E-state index contributed by atoms with van der Waals surface area (Å²) in [4.78, 5) is 12.3. The summed E-state index contributed by atoms with van der Waals surface area (Å²) in [6.07, 6.45) is -3.96. The van der Waals surface area contributed by atoms with E-state index in [0.717, 1.165) is 18.2 Å². The van der Waals surface area contributed by atoms with Gasteiger partial charge in [0, 0.05) is 25.7 Å². The van der Waals surface area contributed by atoms with E-state index in [1.807, 2.05) is 4.90 Å². The topological polar surface area (TPSA) is 55.6 Å². The van der Waals surface area contributed by atoms with Gasteiger partial charge >= 0.3 is 6.18 Å². The van der Waals surface area contributed by atoms with Crippen LogP contribution in [0.15, 0.2) is 18.2 Å². The second-order valence-electron chi connectivity index (χ2n) is 8.58. The Morgan fingerprint density at radius 2 is 1.93 bits per heavy atom. The smallest absolute Gasteiger partial charge is 0.413 e. The van der Waals surface area contributed by atoms with Crippen molar-refractivity contribution < 1.29 is 22.5 Å². The molecule has 0 radical (unpaired) electrons. The zero-order valence-corrected chi connectivity index (χ0v) is 17.4. The second kappa shape index (κ2) is 7.52. The average molecular weight is 405 g/mol. The lowest BCUT2D eigenvalue weighted by Crippen LogP contribution is -2.44. The van der Waals surface area contributed by atoms with E-state index >= 15 is 0 Å². The van der Waals surface area contributed by atoms with E-state index in [-0.39, 0.29) is 23.3 Å². The number of hydrogen-bond donors (Lipinski definition) is 0. The van der Waals surface area contributed by atoms with Gasteiger partial charge in [0.2, 0.25) is 0 Å². The fourth-order valence-corrected chi connectivity index (χ4v) is 4.41. The Hall–Kier alpha value is -1.45. The number of benzene rings is 1. The molecule has 0 bridgehead atoms. The highest BCUT2D eigenvalue weighted by Crippen LogP contribution is 2.39. The predicted molar refractivity (Wildman–Crippen MR) is 100 cm³/mol. The standard InChI is InChI=1S/C18H27F3N2O3Si/c1-17(2,3)27(4,5)26-13-9-10-22(11-13)12-14-15(18(19,20)21)7-6-8-16(14)23(24)25/h6-8,13H,9-12H2,1-5H3. The SMILES string of the molecule is CC(C)(C)[Si](C)(C)OC1CCN(Cc2c([N+](=O)[O-])cccc2C(F)(F)F)C1. The number of rotatable bonds is 5. The summed E-state index contributed by atoms with van der Waals surface area (Å²) in [6.45, 7) is 11.6. The Morgan fingerprint density at radius 1 is 1.30 bits per heavy atom. The van der Waals surface area contributed by atoms with Crippen LogP contribution in [0.2, 0.25) is 18.1 Å². The molecule has 0 saturated carbocycles. The normalized spacial score (nSPS) is 19.5. The van der Waals surface area contributed by atoms with Crippen LogP contribution in [0.4, 0.5) is 18.9 Å². The maximum Gasteiger partial charge on any atom is 0.416 e. The lowest BCUT2D eigenvalue weighted by atomic mass is 10.0. The van der Waals surface area contributed by atoms with Crippen LogP contribution < -0.4 is 0 Å². The summed E-state index contributed by atoms with van der Waals surface area (Å²) in [5.41, 5.74) is -1.70. The van der Waals surface area contributed by atoms with Crippen molar-refractivity contribution in [2.45, 2.75) is 64.1 Å². The van der Waals surface area contributed by atoms with E-state index in [1.54, 1.807) is 0 Å². The Bertz CT molecular complexity index is 702. The van der Waals surface area contributed by atoms with Crippen LogP contribution in [-0.4, -0.2) is 37.3 Å². The van der Waals surface area contributed by atoms with E-state index < -0.39 is 30.7 Å². The van der Waals surface area contributed by atoms with Crippen LogP contribution in [0.3, 0.4) is 0 Å². The molecule has 0 aromatic heterocycles. The first-order valence-corrected chi connectivity index (χ1v) is 11.9. The van der Waals surface area contributed by atoms with Crippen molar-refractivity contribution >= 4 is 14.0 Å². The third kappa shape index (κ3) is 5.08. The number of alkyl halides is 3. The molecule has 0 amide bonds. The van der Waals surface area contributed by atoms with Crippen molar-refractivity contribution in [1.29, 1.82) is 0 Å². The van der Waals surface area contributed by atoms with Gasteiger partial charge in [-0.1, -0.05) is 26.8 Å². The van der Waals surface area contributed by atoms with Gasteiger partial charge in [-0.05, 0) is 30.6 Å². The minimum Gasteiger partial charge on any atom is -0.413 e. The van der Waals surface area contributed by atoms with Gasteiger partial charge in [0.25, 0.3) is 5.69 Å². The van der Waals surface area contributed by atoms with Gasteiger partial charge in [-0.25, -0.2) is 0 Å². The molecule has 27 heavy (non-hydrogen) atoms. The molecule has 5 nitrogen and oxygen atoms in total. The van der Waals surface area contributed by atoms with Crippen molar-refractivity contribution in [3.05, 3.63) is 39.4 Å². The van der Waals surface area contributed by atoms with Crippen LogP contribution in [0.5, 0.6) is 0 Å². The monoisotopic (exact) mass is 404 g/mol. The molecular weight excluding hydrogens is 377 g/mol. The molecule has 9 heteroatoms. The van der Waals surface area contributed by atoms with Crippen molar-refractivity contribution in [3.8, 4) is 0 Å². The van der Waals surface area contributed by atoms with E-state index in [1.165, 1.54) is 0 Å². The molecule has 0 aliphatic carbocycles. The van der Waals surface area contributed by atoms with Gasteiger partial charge in [-0.3, -0.25) is 15.0 Å². The summed E-state index contributed by atoms with van der Waals surface area (Å²) in [5, 5.41) is 11.3. The number of nitro groups is 1. The minimum atomic E-state index is -4.63. The summed E-state index contributed by atoms with van der Waals surface area (Å²) in [6, 6.07) is 3.12. The van der Waals surface area contributed by atoms with Crippen molar-refractivity contribution in [2.75, 3.05) is 13.1 Å². The first-order valence-electron chi connectivity index (χ1n) is 8.96. The fraction of sp³-hybridized carbons (Fsp3) is 0.667. The van der Waals surface area contributed by atoms with Crippen LogP contribution >= 0.6 is 0 Å². The van der Waals surface area contributed by atoms with Gasteiger partial charge in [-0.15, -0.1) is 0 Å². The van der Waals surface area contributed by atoms with Crippen molar-refractivity contribution in [1.82, 2.24) is 4.90 Å². The number of nitrogens with zero attached hydrogens (tertiary/aromatic N) is 2. The molecule has 1 aromatic carbocycles. The van der Waals surface area contributed by atoms with Crippen LogP contribution in [0, 0.1) is 10.1 Å². The maximum atomic E-state index is 13.3. The van der Waals surface area contributed by atoms with Crippen LogP contribution in [0.1, 0.15) is 38.3 Å². The van der Waals surface area contributed by atoms with Gasteiger partial charge in [0.15, 0.2) is 8.32 Å². The van der Waals surface area contributed by atoms with E-state index in [9.17, 15) is 23.3 Å². The maximum absolute atomic E-state index is 13.3. The molecule has 1 fully saturated rings. The number of likely N-dealkylation sites (tertiary alicyclic amines) is 1. The molecule has 1 aliphatic heterocycles. The molecule has 0 spiro atoms. The zero-order chi connectivity index (χ0) is 20.6. The molecule has 0 N–H and O–H groups in total. The summed E-state index contributed by atoms with van der Waals surface area (Å²) < 4.78 is 46.4. The van der Waals surface area contributed by atoms with Gasteiger partial charge in [-0.2, -0.15) is 13.2 Å². The highest BCUT2D eigenvalue weighted by atomic mass is 28.4. The highest BCUT2D eigenvalue weighted by Gasteiger charge is 2.41. The minimum absolute atomic E-state index is 0.0437. The third-order valence-corrected chi connectivity index (χ3v) is 10.1. The Kier molecular flexibility index (Phi) is 6.08. The van der Waals surface area contributed by atoms with E-state index in [2.05, 4.69) is 33.9 Å². The summed E-state index contributed by atoms with van der Waals surface area (Å²) >= 11 is 0. The predicted octanol–water partition coefficient (Wildman–Crippen LogP) is 5.21. The fourth-order valence-electron chi connectivity index (χ4n) is 3.03. The van der Waals surface area contributed by atoms with Gasteiger partial charge < -0.3 is 4.43 Å². The van der Waals surface area contributed by atoms with E-state index in [4.69, 9.17) is 4.43 Å². The molecule has 1 saturated heterocycles. The molecule has 152 valence electrons. The number of halogens is 3. The summed E-state index contributed by atoms with van der Waals surface area (Å²) in [7, 11) is -1.98.